The molecule has 0 bridgehead atoms. The molecule has 1 radical (unpaired) electrons. The van der Waals surface area contributed by atoms with Crippen molar-refractivity contribution in [2.75, 3.05) is 19.6 Å². The Morgan fingerprint density at radius 3 is 1.52 bits per heavy atom. The van der Waals surface area contributed by atoms with Gasteiger partial charge in [0.15, 0.2) is 17.9 Å². The zero-order chi connectivity index (χ0) is 32.1. The van der Waals surface area contributed by atoms with E-state index in [1.54, 1.807) is 6.29 Å². The lowest BCUT2D eigenvalue weighted by Crippen LogP contribution is -2.56. The SMILES string of the molecule is N=C(N)NCCCC(N)C(=O)N[C@H](CCCNC(=N)N)C(=O)N[C@H](CCC(N)=O)C(=O)N[C@@H]([C]=O)CCCNC(=N)N. The van der Waals surface area contributed by atoms with Gasteiger partial charge in [0.2, 0.25) is 29.9 Å². The lowest BCUT2D eigenvalue weighted by molar-refractivity contribution is -0.133. The van der Waals surface area contributed by atoms with Crippen LogP contribution in [0.15, 0.2) is 0 Å². The van der Waals surface area contributed by atoms with Gasteiger partial charge >= 0.3 is 0 Å². The van der Waals surface area contributed by atoms with Crippen molar-refractivity contribution in [3.63, 3.8) is 0 Å². The van der Waals surface area contributed by atoms with E-state index in [1.807, 2.05) is 0 Å². The second-order valence-corrected chi connectivity index (χ2v) is 9.36. The molecule has 0 aliphatic carbocycles. The second-order valence-electron chi connectivity index (χ2n) is 9.36. The molecule has 0 aliphatic heterocycles. The highest BCUT2D eigenvalue weighted by atomic mass is 16.2. The second kappa shape index (κ2) is 21.1. The molecular weight excluding hydrogens is 552 g/mol. The number of nitrogens with two attached hydrogens (primary N) is 5. The Bertz CT molecular complexity index is 947. The first kappa shape index (κ1) is 37.3. The average molecular weight is 598 g/mol. The monoisotopic (exact) mass is 597 g/mol. The molecule has 0 spiro atoms. The molecule has 1 unspecified atom stereocenters. The fourth-order valence-electron chi connectivity index (χ4n) is 3.54. The topological polar surface area (TPSA) is 359 Å². The van der Waals surface area contributed by atoms with Gasteiger partial charge in [0.25, 0.3) is 0 Å². The van der Waals surface area contributed by atoms with Gasteiger partial charge in [-0.15, -0.1) is 0 Å². The third-order valence-electron chi connectivity index (χ3n) is 5.72. The molecule has 0 fully saturated rings. The Kier molecular flexibility index (Phi) is 18.8. The van der Waals surface area contributed by atoms with Gasteiger partial charge in [0.1, 0.15) is 12.1 Å². The Hall–Kier alpha value is -4.68. The normalized spacial score (nSPS) is 13.3. The number of guanidine groups is 3. The van der Waals surface area contributed by atoms with Crippen LogP contribution in [0, 0.1) is 16.2 Å². The first-order valence-corrected chi connectivity index (χ1v) is 13.3. The molecule has 0 rings (SSSR count). The zero-order valence-electron chi connectivity index (χ0n) is 23.5. The minimum absolute atomic E-state index is 0.0779. The molecular formula is C23H45N14O5. The van der Waals surface area contributed by atoms with Crippen molar-refractivity contribution in [3.8, 4) is 0 Å². The van der Waals surface area contributed by atoms with Crippen LogP contribution in [0.5, 0.6) is 0 Å². The highest BCUT2D eigenvalue weighted by Gasteiger charge is 2.29. The van der Waals surface area contributed by atoms with Gasteiger partial charge in [0.05, 0.1) is 12.1 Å². The van der Waals surface area contributed by atoms with Gasteiger partial charge in [-0.25, -0.2) is 0 Å². The van der Waals surface area contributed by atoms with Crippen LogP contribution in [-0.2, 0) is 24.0 Å². The fraction of sp³-hybridized carbons (Fsp3) is 0.652. The maximum absolute atomic E-state index is 13.2. The maximum Gasteiger partial charge on any atom is 0.243 e. The third kappa shape index (κ3) is 18.6. The molecule has 0 aromatic heterocycles. The molecule has 0 aromatic rings. The van der Waals surface area contributed by atoms with Gasteiger partial charge in [-0.05, 0) is 44.9 Å². The number of hydrogen-bond acceptors (Lipinski definition) is 9. The van der Waals surface area contributed by atoms with Crippen LogP contribution in [0.2, 0.25) is 0 Å². The van der Waals surface area contributed by atoms with Crippen molar-refractivity contribution in [1.82, 2.24) is 31.9 Å². The van der Waals surface area contributed by atoms with Crippen molar-refractivity contribution in [3.05, 3.63) is 0 Å². The Morgan fingerprint density at radius 1 is 0.619 bits per heavy atom. The van der Waals surface area contributed by atoms with Crippen LogP contribution in [0.4, 0.5) is 0 Å². The number of nitrogens with one attached hydrogen (secondary N) is 9. The zero-order valence-corrected chi connectivity index (χ0v) is 23.5. The van der Waals surface area contributed by atoms with Crippen molar-refractivity contribution in [1.29, 1.82) is 16.2 Å². The third-order valence-corrected chi connectivity index (χ3v) is 5.72. The minimum atomic E-state index is -1.28. The standard InChI is InChI=1S/C23H45N14O5/c24-14(5-2-10-33-22(28)29)18(40)36-15(6-3-11-34-23(30)31)20(42)37-16(7-8-17(25)39)19(41)35-13(12-38)4-1-9-32-21(26)27/h13-16H,1-11,24H2,(H2,25,39)(H,35,41)(H,36,40)(H,37,42)(H4,26,27,32)(H4,28,29,33)(H4,30,31,34)/t13-,14?,15-,16-/m1/s1. The summed E-state index contributed by atoms with van der Waals surface area (Å²) in [4.78, 5) is 61.7. The van der Waals surface area contributed by atoms with Crippen LogP contribution >= 0.6 is 0 Å². The average Bonchev–Trinajstić information content (AvgIpc) is 2.91. The molecule has 0 saturated heterocycles. The Balaban J connectivity index is 5.48. The van der Waals surface area contributed by atoms with E-state index >= 15 is 0 Å². The number of rotatable bonds is 22. The van der Waals surface area contributed by atoms with Gasteiger partial charge in [0, 0.05) is 26.1 Å². The van der Waals surface area contributed by atoms with Gasteiger partial charge in [-0.1, -0.05) is 0 Å². The van der Waals surface area contributed by atoms with Crippen LogP contribution in [0.25, 0.3) is 0 Å². The molecule has 19 N–H and O–H groups in total. The van der Waals surface area contributed by atoms with E-state index in [0.717, 1.165) is 0 Å². The van der Waals surface area contributed by atoms with Crippen LogP contribution < -0.4 is 60.6 Å². The highest BCUT2D eigenvalue weighted by molar-refractivity contribution is 5.93. The van der Waals surface area contributed by atoms with E-state index < -0.39 is 47.8 Å². The molecule has 4 amide bonds. The molecule has 4 atom stereocenters. The molecule has 237 valence electrons. The quantitative estimate of drug-likeness (QED) is 0.0316. The van der Waals surface area contributed by atoms with E-state index in [9.17, 15) is 24.0 Å². The van der Waals surface area contributed by atoms with Crippen molar-refractivity contribution >= 4 is 47.8 Å². The number of primary amides is 1. The van der Waals surface area contributed by atoms with Crippen LogP contribution in [0.3, 0.4) is 0 Å². The first-order valence-electron chi connectivity index (χ1n) is 13.3. The van der Waals surface area contributed by atoms with E-state index in [4.69, 9.17) is 44.9 Å². The lowest BCUT2D eigenvalue weighted by Gasteiger charge is -2.25. The summed E-state index contributed by atoms with van der Waals surface area (Å²) in [6.07, 6.45) is 2.81. The van der Waals surface area contributed by atoms with Gasteiger partial charge in [-0.2, -0.15) is 0 Å². The smallest absolute Gasteiger partial charge is 0.243 e. The summed E-state index contributed by atoms with van der Waals surface area (Å²) in [6.45, 7) is 0.819. The Morgan fingerprint density at radius 2 is 1.05 bits per heavy atom. The summed E-state index contributed by atoms with van der Waals surface area (Å²) in [5.41, 5.74) is 26.9. The number of hydrogen-bond donors (Lipinski definition) is 14. The number of carbonyl (C=O) groups excluding carboxylic acids is 5. The van der Waals surface area contributed by atoms with E-state index in [2.05, 4.69) is 31.9 Å². The molecule has 0 heterocycles. The summed E-state index contributed by atoms with van der Waals surface area (Å²) < 4.78 is 0. The summed E-state index contributed by atoms with van der Waals surface area (Å²) in [7, 11) is 0. The Labute approximate surface area is 244 Å². The van der Waals surface area contributed by atoms with Crippen molar-refractivity contribution in [2.45, 2.75) is 75.5 Å². The number of amides is 4. The summed E-state index contributed by atoms with van der Waals surface area (Å²) >= 11 is 0. The maximum atomic E-state index is 13.2. The lowest BCUT2D eigenvalue weighted by atomic mass is 10.1. The summed E-state index contributed by atoms with van der Waals surface area (Å²) in [5.74, 6) is -3.62. The van der Waals surface area contributed by atoms with E-state index in [1.165, 1.54) is 0 Å². The van der Waals surface area contributed by atoms with Crippen molar-refractivity contribution in [2.24, 2.45) is 28.7 Å². The van der Waals surface area contributed by atoms with Crippen molar-refractivity contribution < 1.29 is 24.0 Å². The largest absolute Gasteiger partial charge is 0.370 e. The molecule has 0 saturated carbocycles. The van der Waals surface area contributed by atoms with Gasteiger partial charge < -0.3 is 60.6 Å². The fourth-order valence-corrected chi connectivity index (χ4v) is 3.54. The molecule has 42 heavy (non-hydrogen) atoms. The summed E-state index contributed by atoms with van der Waals surface area (Å²) in [6, 6.07) is -4.46. The highest BCUT2D eigenvalue weighted by Crippen LogP contribution is 2.05. The summed E-state index contributed by atoms with van der Waals surface area (Å²) in [5, 5.41) is 36.8. The number of carbonyl (C=O) groups is 4. The van der Waals surface area contributed by atoms with Crippen LogP contribution in [0.1, 0.15) is 51.4 Å². The van der Waals surface area contributed by atoms with Crippen LogP contribution in [-0.4, -0.2) is 91.6 Å². The molecule has 19 heteroatoms. The molecule has 0 aliphatic rings. The minimum Gasteiger partial charge on any atom is -0.370 e. The molecule has 19 nitrogen and oxygen atoms in total. The van der Waals surface area contributed by atoms with E-state index in [0.29, 0.717) is 25.8 Å². The van der Waals surface area contributed by atoms with E-state index in [-0.39, 0.29) is 63.1 Å². The predicted molar refractivity (Wildman–Crippen MR) is 155 cm³/mol. The molecule has 0 aromatic carbocycles. The van der Waals surface area contributed by atoms with Gasteiger partial charge in [-0.3, -0.25) is 40.2 Å². The first-order chi connectivity index (χ1) is 19.8. The predicted octanol–water partition coefficient (Wildman–Crippen LogP) is -5.07.